The Hall–Kier alpha value is -2.31. The molecule has 2 aromatic carbocycles. The molecule has 152 valence electrons. The molecule has 6 heteroatoms. The van der Waals surface area contributed by atoms with E-state index in [1.165, 1.54) is 17.3 Å². The Kier molecular flexibility index (Phi) is 6.98. The van der Waals surface area contributed by atoms with E-state index >= 15 is 0 Å². The van der Waals surface area contributed by atoms with Gasteiger partial charge < -0.3 is 14.8 Å². The van der Waals surface area contributed by atoms with Crippen LogP contribution >= 0.6 is 24.0 Å². The third kappa shape index (κ3) is 6.34. The molecule has 1 aliphatic rings. The van der Waals surface area contributed by atoms with Gasteiger partial charge >= 0.3 is 0 Å². The summed E-state index contributed by atoms with van der Waals surface area (Å²) in [5, 5.41) is 2.61. The van der Waals surface area contributed by atoms with Crippen LogP contribution in [0.3, 0.4) is 0 Å². The quantitative estimate of drug-likeness (QED) is 0.368. The fourth-order valence-electron chi connectivity index (χ4n) is 2.72. The first-order valence-electron chi connectivity index (χ1n) is 9.52. The number of thiocarbonyl (C=S) groups is 1. The fraction of sp³-hybridized carbons (Fsp3) is 0.304. The summed E-state index contributed by atoms with van der Waals surface area (Å²) in [6.45, 7) is 7.77. The van der Waals surface area contributed by atoms with Crippen LogP contribution in [0, 0.1) is 0 Å². The van der Waals surface area contributed by atoms with Gasteiger partial charge in [0.2, 0.25) is 0 Å². The third-order valence-electron chi connectivity index (χ3n) is 4.37. The first-order valence-corrected chi connectivity index (χ1v) is 10.7. The number of carbonyl (C=O) groups is 1. The van der Waals surface area contributed by atoms with E-state index in [4.69, 9.17) is 21.7 Å². The predicted molar refractivity (Wildman–Crippen MR) is 123 cm³/mol. The highest BCUT2D eigenvalue weighted by molar-refractivity contribution is 8.26. The lowest BCUT2D eigenvalue weighted by Crippen LogP contribution is -2.17. The average molecular weight is 428 g/mol. The summed E-state index contributed by atoms with van der Waals surface area (Å²) in [5.41, 5.74) is 2.37. The highest BCUT2D eigenvalue weighted by Gasteiger charge is 2.21. The average Bonchev–Trinajstić information content (AvgIpc) is 2.99. The molecule has 1 saturated heterocycles. The Morgan fingerprint density at radius 3 is 2.00 bits per heavy atom. The van der Waals surface area contributed by atoms with E-state index < -0.39 is 0 Å². The number of rotatable bonds is 7. The molecule has 4 nitrogen and oxygen atoms in total. The van der Waals surface area contributed by atoms with Gasteiger partial charge in [0.15, 0.2) is 0 Å². The predicted octanol–water partition coefficient (Wildman–Crippen LogP) is 5.32. The SMILES string of the molecule is CC(C)(C)c1ccc(OCCCOc2ccc(/C=C3\SC(=S)NC3=O)cc2)cc1. The van der Waals surface area contributed by atoms with Crippen LogP contribution in [0.5, 0.6) is 11.5 Å². The Morgan fingerprint density at radius 2 is 1.52 bits per heavy atom. The molecule has 0 saturated carbocycles. The molecule has 2 aromatic rings. The second kappa shape index (κ2) is 9.46. The third-order valence-corrected chi connectivity index (χ3v) is 5.53. The normalized spacial score (nSPS) is 15.5. The van der Waals surface area contributed by atoms with Gasteiger partial charge in [-0.3, -0.25) is 4.79 Å². The summed E-state index contributed by atoms with van der Waals surface area (Å²) in [6, 6.07) is 15.9. The summed E-state index contributed by atoms with van der Waals surface area (Å²) in [7, 11) is 0. The lowest BCUT2D eigenvalue weighted by molar-refractivity contribution is -0.115. The molecule has 0 bridgehead atoms. The fourth-order valence-corrected chi connectivity index (χ4v) is 3.77. The first kappa shape index (κ1) is 21.4. The molecule has 0 unspecified atom stereocenters. The number of hydrogen-bond acceptors (Lipinski definition) is 5. The van der Waals surface area contributed by atoms with Gasteiger partial charge in [0.25, 0.3) is 5.91 Å². The van der Waals surface area contributed by atoms with E-state index in [2.05, 4.69) is 38.2 Å². The highest BCUT2D eigenvalue weighted by Crippen LogP contribution is 2.26. The molecule has 1 fully saturated rings. The van der Waals surface area contributed by atoms with Gasteiger partial charge in [0, 0.05) is 6.42 Å². The van der Waals surface area contributed by atoms with Crippen LogP contribution < -0.4 is 14.8 Å². The largest absolute Gasteiger partial charge is 0.493 e. The Morgan fingerprint density at radius 1 is 0.966 bits per heavy atom. The Bertz CT molecular complexity index is 897. The molecule has 3 rings (SSSR count). The van der Waals surface area contributed by atoms with Crippen LogP contribution in [0.1, 0.15) is 38.3 Å². The zero-order chi connectivity index (χ0) is 20.9. The summed E-state index contributed by atoms with van der Waals surface area (Å²) < 4.78 is 12.0. The zero-order valence-electron chi connectivity index (χ0n) is 16.9. The van der Waals surface area contributed by atoms with Crippen LogP contribution in [0.15, 0.2) is 53.4 Å². The molecule has 0 atom stereocenters. The van der Waals surface area contributed by atoms with Gasteiger partial charge in [-0.2, -0.15) is 0 Å². The van der Waals surface area contributed by atoms with Gasteiger partial charge in [-0.1, -0.05) is 69.0 Å². The molecule has 1 amide bonds. The summed E-state index contributed by atoms with van der Waals surface area (Å²) in [6.07, 6.45) is 2.61. The van der Waals surface area contributed by atoms with Gasteiger partial charge in [-0.15, -0.1) is 0 Å². The highest BCUT2D eigenvalue weighted by atomic mass is 32.2. The van der Waals surface area contributed by atoms with Crippen LogP contribution in [0.25, 0.3) is 6.08 Å². The van der Waals surface area contributed by atoms with Crippen LogP contribution in [-0.4, -0.2) is 23.4 Å². The summed E-state index contributed by atoms with van der Waals surface area (Å²) in [4.78, 5) is 12.3. The minimum absolute atomic E-state index is 0.145. The lowest BCUT2D eigenvalue weighted by Gasteiger charge is -2.19. The maximum Gasteiger partial charge on any atom is 0.263 e. The second-order valence-corrected chi connectivity index (χ2v) is 9.46. The van der Waals surface area contributed by atoms with Crippen molar-refractivity contribution in [2.75, 3.05) is 13.2 Å². The number of benzene rings is 2. The molecule has 0 aromatic heterocycles. The minimum atomic E-state index is -0.145. The molecule has 1 heterocycles. The van der Waals surface area contributed by atoms with Crippen molar-refractivity contribution < 1.29 is 14.3 Å². The summed E-state index contributed by atoms with van der Waals surface area (Å²) >= 11 is 6.27. The minimum Gasteiger partial charge on any atom is -0.493 e. The molecule has 1 aliphatic heterocycles. The van der Waals surface area contributed by atoms with Crippen molar-refractivity contribution >= 4 is 40.3 Å². The van der Waals surface area contributed by atoms with Gasteiger partial charge in [0.05, 0.1) is 18.1 Å². The number of ether oxygens (including phenoxy) is 2. The van der Waals surface area contributed by atoms with Crippen molar-refractivity contribution in [3.63, 3.8) is 0 Å². The van der Waals surface area contributed by atoms with Crippen molar-refractivity contribution in [2.24, 2.45) is 0 Å². The number of carbonyl (C=O) groups excluding carboxylic acids is 1. The number of nitrogens with one attached hydrogen (secondary N) is 1. The number of hydrogen-bond donors (Lipinski definition) is 1. The molecule has 1 N–H and O–H groups in total. The van der Waals surface area contributed by atoms with Crippen molar-refractivity contribution in [2.45, 2.75) is 32.6 Å². The van der Waals surface area contributed by atoms with Crippen LogP contribution in [0.2, 0.25) is 0 Å². The van der Waals surface area contributed by atoms with Crippen LogP contribution in [-0.2, 0) is 10.2 Å². The lowest BCUT2D eigenvalue weighted by atomic mass is 9.87. The second-order valence-electron chi connectivity index (χ2n) is 7.75. The standard InChI is InChI=1S/C23H25NO3S2/c1-23(2,3)17-7-11-19(12-8-17)27-14-4-13-26-18-9-5-16(6-10-18)15-20-21(25)24-22(28)29-20/h5-12,15H,4,13-14H2,1-3H3,(H,24,25,28)/b20-15-. The monoisotopic (exact) mass is 427 g/mol. The van der Waals surface area contributed by atoms with E-state index in [1.54, 1.807) is 0 Å². The van der Waals surface area contributed by atoms with Crippen molar-refractivity contribution in [1.29, 1.82) is 0 Å². The molecule has 0 aliphatic carbocycles. The summed E-state index contributed by atoms with van der Waals surface area (Å²) in [5.74, 6) is 1.53. The van der Waals surface area contributed by atoms with Crippen molar-refractivity contribution in [3.8, 4) is 11.5 Å². The van der Waals surface area contributed by atoms with Gasteiger partial charge in [-0.25, -0.2) is 0 Å². The van der Waals surface area contributed by atoms with Crippen molar-refractivity contribution in [3.05, 3.63) is 64.6 Å². The number of amides is 1. The first-order chi connectivity index (χ1) is 13.8. The molecular formula is C23H25NO3S2. The number of thioether (sulfide) groups is 1. The molecule has 29 heavy (non-hydrogen) atoms. The molecule has 0 radical (unpaired) electrons. The van der Waals surface area contributed by atoms with E-state index in [1.807, 2.05) is 42.5 Å². The van der Waals surface area contributed by atoms with E-state index in [-0.39, 0.29) is 11.3 Å². The molecular weight excluding hydrogens is 402 g/mol. The maximum absolute atomic E-state index is 11.7. The topological polar surface area (TPSA) is 47.6 Å². The van der Waals surface area contributed by atoms with Crippen molar-refractivity contribution in [1.82, 2.24) is 5.32 Å². The van der Waals surface area contributed by atoms with Crippen LogP contribution in [0.4, 0.5) is 0 Å². The zero-order valence-corrected chi connectivity index (χ0v) is 18.5. The van der Waals surface area contributed by atoms with E-state index in [0.29, 0.717) is 22.4 Å². The van der Waals surface area contributed by atoms with E-state index in [9.17, 15) is 4.79 Å². The maximum atomic E-state index is 11.7. The van der Waals surface area contributed by atoms with E-state index in [0.717, 1.165) is 23.5 Å². The van der Waals surface area contributed by atoms with Gasteiger partial charge in [0.1, 0.15) is 15.8 Å². The Labute approximate surface area is 181 Å². The Balaban J connectivity index is 1.40. The smallest absolute Gasteiger partial charge is 0.263 e. The molecule has 0 spiro atoms. The van der Waals surface area contributed by atoms with Gasteiger partial charge in [-0.05, 0) is 46.9 Å².